The third-order valence-corrected chi connectivity index (χ3v) is 9.80. The molecule has 2 saturated heterocycles. The summed E-state index contributed by atoms with van der Waals surface area (Å²) >= 11 is 0. The van der Waals surface area contributed by atoms with Crippen LogP contribution in [0.15, 0.2) is 48.6 Å². The number of likely N-dealkylation sites (tertiary alicyclic amines) is 1. The topological polar surface area (TPSA) is 99.6 Å². The van der Waals surface area contributed by atoms with E-state index in [4.69, 9.17) is 9.47 Å². The highest BCUT2D eigenvalue weighted by molar-refractivity contribution is 6.04. The summed E-state index contributed by atoms with van der Waals surface area (Å²) in [7, 11) is 0. The Labute approximate surface area is 261 Å². The third-order valence-electron chi connectivity index (χ3n) is 9.80. The standard InChI is InChI=1S/C35H49N3O6/c1-6-9-10-19-36-20-12-18-35-29(32(41)38(30(35)33(36)42)26(23-39)22-24(4)5)28-31(40)37(21-11-17-34(28,7-2)44-35)25-13-15-27(16-14-25)43-8-3/h11-18,24,26,28-30,39H,6-10,19-23H2,1-5H3/t26-,28-,29+,30?,34+,35+/m1/s1. The predicted molar refractivity (Wildman–Crippen MR) is 169 cm³/mol. The molecular weight excluding hydrogens is 558 g/mol. The number of hydrogen-bond donors (Lipinski definition) is 1. The summed E-state index contributed by atoms with van der Waals surface area (Å²) in [5, 5.41) is 10.6. The lowest BCUT2D eigenvalue weighted by atomic mass is 9.73. The highest BCUT2D eigenvalue weighted by atomic mass is 16.5. The number of carbonyl (C=O) groups excluding carboxylic acids is 3. The third kappa shape index (κ3) is 5.36. The minimum atomic E-state index is -1.33. The lowest BCUT2D eigenvalue weighted by molar-refractivity contribution is -0.156. The van der Waals surface area contributed by atoms with Gasteiger partial charge in [-0.1, -0.05) is 64.8 Å². The van der Waals surface area contributed by atoms with E-state index in [1.54, 1.807) is 9.80 Å². The van der Waals surface area contributed by atoms with E-state index in [1.165, 1.54) is 0 Å². The molecular formula is C35H49N3O6. The second-order valence-electron chi connectivity index (χ2n) is 13.0. The number of benzene rings is 1. The fourth-order valence-electron chi connectivity index (χ4n) is 7.83. The molecule has 44 heavy (non-hydrogen) atoms. The summed E-state index contributed by atoms with van der Waals surface area (Å²) in [4.78, 5) is 49.2. The Balaban J connectivity index is 1.61. The number of carbonyl (C=O) groups is 3. The van der Waals surface area contributed by atoms with Crippen LogP contribution >= 0.6 is 0 Å². The van der Waals surface area contributed by atoms with Crippen LogP contribution in [0.5, 0.6) is 5.75 Å². The Bertz CT molecular complexity index is 1280. The number of unbranched alkanes of at least 4 members (excludes halogenated alkanes) is 2. The van der Waals surface area contributed by atoms with E-state index in [2.05, 4.69) is 6.92 Å². The van der Waals surface area contributed by atoms with Gasteiger partial charge in [-0.25, -0.2) is 0 Å². The van der Waals surface area contributed by atoms with Gasteiger partial charge in [-0.05, 0) is 56.4 Å². The molecule has 1 spiro atoms. The maximum absolute atomic E-state index is 14.8. The summed E-state index contributed by atoms with van der Waals surface area (Å²) in [5.41, 5.74) is -1.69. The van der Waals surface area contributed by atoms with E-state index < -0.39 is 35.1 Å². The molecule has 9 nitrogen and oxygen atoms in total. The fourth-order valence-corrected chi connectivity index (χ4v) is 7.83. The van der Waals surface area contributed by atoms with Gasteiger partial charge < -0.3 is 29.3 Å². The lowest BCUT2D eigenvalue weighted by Gasteiger charge is -2.41. The fraction of sp³-hybridized carbons (Fsp3) is 0.629. The van der Waals surface area contributed by atoms with Crippen molar-refractivity contribution in [1.29, 1.82) is 0 Å². The van der Waals surface area contributed by atoms with Crippen molar-refractivity contribution in [3.63, 3.8) is 0 Å². The number of aliphatic hydroxyl groups excluding tert-OH is 1. The van der Waals surface area contributed by atoms with Crippen molar-refractivity contribution in [3.8, 4) is 5.75 Å². The van der Waals surface area contributed by atoms with E-state index in [1.807, 2.05) is 81.2 Å². The first-order valence-corrected chi connectivity index (χ1v) is 16.5. The van der Waals surface area contributed by atoms with Crippen LogP contribution < -0.4 is 9.64 Å². The highest BCUT2D eigenvalue weighted by Gasteiger charge is 2.76. The van der Waals surface area contributed by atoms with Gasteiger partial charge in [-0.3, -0.25) is 14.4 Å². The molecule has 4 aliphatic heterocycles. The first-order chi connectivity index (χ1) is 21.2. The molecule has 1 aromatic carbocycles. The summed E-state index contributed by atoms with van der Waals surface area (Å²) in [5.74, 6) is -1.53. The molecule has 0 radical (unpaired) electrons. The number of anilines is 1. The highest BCUT2D eigenvalue weighted by Crippen LogP contribution is 2.59. The first-order valence-electron chi connectivity index (χ1n) is 16.5. The number of aliphatic hydroxyl groups is 1. The lowest BCUT2D eigenvalue weighted by Crippen LogP contribution is -2.59. The number of amides is 3. The van der Waals surface area contributed by atoms with Crippen molar-refractivity contribution in [2.45, 2.75) is 90.0 Å². The minimum absolute atomic E-state index is 0.174. The van der Waals surface area contributed by atoms with Gasteiger partial charge in [-0.2, -0.15) is 0 Å². The molecule has 4 aliphatic rings. The molecule has 3 amide bonds. The van der Waals surface area contributed by atoms with Crippen molar-refractivity contribution in [1.82, 2.24) is 9.80 Å². The van der Waals surface area contributed by atoms with Gasteiger partial charge in [0.05, 0.1) is 36.7 Å². The molecule has 1 N–H and O–H groups in total. The van der Waals surface area contributed by atoms with Crippen LogP contribution in [0.1, 0.15) is 66.7 Å². The normalized spacial score (nSPS) is 30.4. The minimum Gasteiger partial charge on any atom is -0.494 e. The largest absolute Gasteiger partial charge is 0.494 e. The molecule has 0 bridgehead atoms. The van der Waals surface area contributed by atoms with Crippen molar-refractivity contribution < 1.29 is 29.0 Å². The molecule has 2 fully saturated rings. The molecule has 0 aromatic heterocycles. The van der Waals surface area contributed by atoms with Crippen molar-refractivity contribution in [2.24, 2.45) is 17.8 Å². The molecule has 9 heteroatoms. The number of nitrogens with zero attached hydrogens (tertiary/aromatic N) is 3. The monoisotopic (exact) mass is 607 g/mol. The van der Waals surface area contributed by atoms with E-state index in [0.29, 0.717) is 44.8 Å². The summed E-state index contributed by atoms with van der Waals surface area (Å²) in [6, 6.07) is 5.88. The quantitative estimate of drug-likeness (QED) is 0.280. The zero-order valence-electron chi connectivity index (χ0n) is 26.9. The first kappa shape index (κ1) is 32.2. The van der Waals surface area contributed by atoms with Crippen LogP contribution in [0.2, 0.25) is 0 Å². The van der Waals surface area contributed by atoms with Gasteiger partial charge in [0.1, 0.15) is 17.4 Å². The van der Waals surface area contributed by atoms with Crippen molar-refractivity contribution in [2.75, 3.05) is 37.7 Å². The summed E-state index contributed by atoms with van der Waals surface area (Å²) in [6.07, 6.45) is 11.6. The van der Waals surface area contributed by atoms with Gasteiger partial charge in [0, 0.05) is 25.3 Å². The van der Waals surface area contributed by atoms with E-state index >= 15 is 0 Å². The summed E-state index contributed by atoms with van der Waals surface area (Å²) in [6.45, 7) is 11.7. The molecule has 1 aromatic rings. The van der Waals surface area contributed by atoms with Gasteiger partial charge in [0.15, 0.2) is 0 Å². The number of ether oxygens (including phenoxy) is 2. The predicted octanol–water partition coefficient (Wildman–Crippen LogP) is 4.34. The Morgan fingerprint density at radius 3 is 2.32 bits per heavy atom. The SMILES string of the molecule is CCCCCN1CC=C[C@]23O[C@@]4(CC)C=CCN(c5ccc(OCC)cc5)C(=O)[C@H]4[C@H]2C(=O)N([C@@H](CO)CC(C)C)C3C1=O. The maximum atomic E-state index is 14.8. The molecule has 4 heterocycles. The number of fused-ring (bicyclic) bond motifs is 2. The van der Waals surface area contributed by atoms with Gasteiger partial charge >= 0.3 is 0 Å². The van der Waals surface area contributed by atoms with Crippen molar-refractivity contribution >= 4 is 23.4 Å². The van der Waals surface area contributed by atoms with Crippen LogP contribution in [-0.2, 0) is 19.1 Å². The van der Waals surface area contributed by atoms with Gasteiger partial charge in [0.2, 0.25) is 17.7 Å². The van der Waals surface area contributed by atoms with Crippen LogP contribution in [0.4, 0.5) is 5.69 Å². The van der Waals surface area contributed by atoms with Crippen LogP contribution in [0.25, 0.3) is 0 Å². The molecule has 240 valence electrons. The average Bonchev–Trinajstić information content (AvgIpc) is 3.31. The van der Waals surface area contributed by atoms with Gasteiger partial charge in [0.25, 0.3) is 0 Å². The summed E-state index contributed by atoms with van der Waals surface area (Å²) < 4.78 is 12.7. The Kier molecular flexibility index (Phi) is 9.56. The van der Waals surface area contributed by atoms with Crippen molar-refractivity contribution in [3.05, 3.63) is 48.6 Å². The zero-order chi connectivity index (χ0) is 31.6. The van der Waals surface area contributed by atoms with E-state index in [-0.39, 0.29) is 30.2 Å². The van der Waals surface area contributed by atoms with Crippen LogP contribution in [-0.4, -0.2) is 88.8 Å². The van der Waals surface area contributed by atoms with E-state index in [0.717, 1.165) is 25.0 Å². The zero-order valence-corrected chi connectivity index (χ0v) is 26.9. The average molecular weight is 608 g/mol. The second-order valence-corrected chi connectivity index (χ2v) is 13.0. The Hall–Kier alpha value is -3.17. The maximum Gasteiger partial charge on any atom is 0.249 e. The second kappa shape index (κ2) is 13.1. The molecule has 0 aliphatic carbocycles. The molecule has 5 rings (SSSR count). The van der Waals surface area contributed by atoms with Gasteiger partial charge in [-0.15, -0.1) is 0 Å². The van der Waals surface area contributed by atoms with Crippen LogP contribution in [0.3, 0.4) is 0 Å². The van der Waals surface area contributed by atoms with Crippen LogP contribution in [0, 0.1) is 17.8 Å². The smallest absolute Gasteiger partial charge is 0.249 e. The Morgan fingerprint density at radius 1 is 0.955 bits per heavy atom. The molecule has 1 unspecified atom stereocenters. The number of hydrogen-bond acceptors (Lipinski definition) is 6. The molecule has 6 atom stereocenters. The molecule has 0 saturated carbocycles. The Morgan fingerprint density at radius 2 is 1.68 bits per heavy atom. The number of rotatable bonds is 12. The van der Waals surface area contributed by atoms with E-state index in [9.17, 15) is 19.5 Å².